The van der Waals surface area contributed by atoms with E-state index in [2.05, 4.69) is 10.6 Å². The van der Waals surface area contributed by atoms with E-state index in [0.29, 0.717) is 24.5 Å². The molecule has 0 aliphatic carbocycles. The van der Waals surface area contributed by atoms with Crippen molar-refractivity contribution in [3.8, 4) is 5.75 Å². The molecule has 5 nitrogen and oxygen atoms in total. The fraction of sp³-hybridized carbons (Fsp3) is 0.167. The zero-order chi connectivity index (χ0) is 21.2. The first-order chi connectivity index (χ1) is 14.6. The van der Waals surface area contributed by atoms with Crippen molar-refractivity contribution in [1.82, 2.24) is 10.6 Å². The second kappa shape index (κ2) is 10.8. The highest BCUT2D eigenvalue weighted by Gasteiger charge is 2.07. The number of hydrogen-bond donors (Lipinski definition) is 2. The molecule has 3 aromatic carbocycles. The first kappa shape index (κ1) is 21.0. The Morgan fingerprint density at radius 1 is 0.767 bits per heavy atom. The molecule has 2 amide bonds. The molecule has 0 aliphatic heterocycles. The second-order valence-electron chi connectivity index (χ2n) is 6.78. The highest BCUT2D eigenvalue weighted by atomic mass is 19.1. The van der Waals surface area contributed by atoms with Crippen molar-refractivity contribution in [1.29, 1.82) is 0 Å². The van der Waals surface area contributed by atoms with Gasteiger partial charge in [-0.15, -0.1) is 0 Å². The Balaban J connectivity index is 1.40. The number of benzene rings is 3. The van der Waals surface area contributed by atoms with Gasteiger partial charge < -0.3 is 15.4 Å². The number of carbonyl (C=O) groups excluding carboxylic acids is 2. The van der Waals surface area contributed by atoms with Crippen molar-refractivity contribution in [2.75, 3.05) is 6.54 Å². The average molecular weight is 406 g/mol. The summed E-state index contributed by atoms with van der Waals surface area (Å²) in [5.74, 6) is -0.327. The molecule has 0 radical (unpaired) electrons. The fourth-order valence-corrected chi connectivity index (χ4v) is 2.82. The Bertz CT molecular complexity index is 993. The van der Waals surface area contributed by atoms with Gasteiger partial charge in [0.25, 0.3) is 0 Å². The molecule has 0 fully saturated rings. The first-order valence-corrected chi connectivity index (χ1v) is 9.62. The molecule has 2 N–H and O–H groups in total. The number of carbonyl (C=O) groups is 2. The molecular formula is C24H23FN2O3. The molecule has 154 valence electrons. The maximum Gasteiger partial charge on any atom is 0.239 e. The third kappa shape index (κ3) is 7.05. The molecule has 0 bridgehead atoms. The summed E-state index contributed by atoms with van der Waals surface area (Å²) >= 11 is 0. The van der Waals surface area contributed by atoms with Crippen LogP contribution in [0.1, 0.15) is 16.7 Å². The Labute approximate surface area is 174 Å². The Morgan fingerprint density at radius 3 is 2.30 bits per heavy atom. The molecule has 0 heterocycles. The summed E-state index contributed by atoms with van der Waals surface area (Å²) in [6.07, 6.45) is 0.0197. The van der Waals surface area contributed by atoms with E-state index in [1.54, 1.807) is 12.1 Å². The topological polar surface area (TPSA) is 67.4 Å². The van der Waals surface area contributed by atoms with Gasteiger partial charge in [-0.05, 0) is 41.0 Å². The van der Waals surface area contributed by atoms with E-state index in [1.165, 1.54) is 12.1 Å². The Kier molecular flexibility index (Phi) is 7.55. The molecule has 0 unspecified atom stereocenters. The van der Waals surface area contributed by atoms with Crippen LogP contribution in [-0.2, 0) is 29.2 Å². The number of ether oxygens (including phenoxy) is 1. The van der Waals surface area contributed by atoms with Gasteiger partial charge in [0.05, 0.1) is 13.0 Å². The zero-order valence-corrected chi connectivity index (χ0v) is 16.4. The summed E-state index contributed by atoms with van der Waals surface area (Å²) in [7, 11) is 0. The number of halogens is 1. The third-order valence-electron chi connectivity index (χ3n) is 4.34. The lowest BCUT2D eigenvalue weighted by molar-refractivity contribution is -0.125. The molecule has 0 spiro atoms. The zero-order valence-electron chi connectivity index (χ0n) is 16.4. The predicted molar refractivity (Wildman–Crippen MR) is 112 cm³/mol. The van der Waals surface area contributed by atoms with Crippen LogP contribution in [0.25, 0.3) is 0 Å². The van der Waals surface area contributed by atoms with Crippen molar-refractivity contribution in [2.45, 2.75) is 19.6 Å². The van der Waals surface area contributed by atoms with E-state index in [0.717, 1.165) is 11.1 Å². The van der Waals surface area contributed by atoms with Crippen LogP contribution in [0, 0.1) is 5.82 Å². The van der Waals surface area contributed by atoms with Crippen LogP contribution in [0.5, 0.6) is 5.75 Å². The van der Waals surface area contributed by atoms with Crippen LogP contribution >= 0.6 is 0 Å². The van der Waals surface area contributed by atoms with Gasteiger partial charge in [-0.2, -0.15) is 0 Å². The van der Waals surface area contributed by atoms with Crippen molar-refractivity contribution >= 4 is 11.8 Å². The lowest BCUT2D eigenvalue weighted by Gasteiger charge is -2.10. The summed E-state index contributed by atoms with van der Waals surface area (Å²) in [4.78, 5) is 23.9. The number of rotatable bonds is 9. The monoisotopic (exact) mass is 406 g/mol. The van der Waals surface area contributed by atoms with Crippen molar-refractivity contribution in [2.24, 2.45) is 0 Å². The molecular weight excluding hydrogens is 383 g/mol. The average Bonchev–Trinajstić information content (AvgIpc) is 2.76. The van der Waals surface area contributed by atoms with Gasteiger partial charge in [0.1, 0.15) is 18.2 Å². The summed E-state index contributed by atoms with van der Waals surface area (Å²) in [6, 6.07) is 23.2. The standard InChI is InChI=1S/C24H23FN2O3/c25-21-10-4-8-19(12-21)14-23(28)27-16-24(29)26-15-20-9-5-11-22(13-20)30-17-18-6-2-1-3-7-18/h1-13H,14-17H2,(H,26,29)(H,27,28). The predicted octanol–water partition coefficient (Wildman–Crippen LogP) is 3.38. The van der Waals surface area contributed by atoms with E-state index >= 15 is 0 Å². The molecule has 3 aromatic rings. The van der Waals surface area contributed by atoms with E-state index < -0.39 is 5.82 Å². The minimum atomic E-state index is -0.395. The molecule has 0 atom stereocenters. The molecule has 0 aromatic heterocycles. The summed E-state index contributed by atoms with van der Waals surface area (Å²) in [6.45, 7) is 0.646. The minimum absolute atomic E-state index is 0.0197. The summed E-state index contributed by atoms with van der Waals surface area (Å²) in [5.41, 5.74) is 2.52. The SMILES string of the molecule is O=C(CNC(=O)Cc1cccc(F)c1)NCc1cccc(OCc2ccccc2)c1. The maximum absolute atomic E-state index is 13.2. The quantitative estimate of drug-likeness (QED) is 0.573. The van der Waals surface area contributed by atoms with Gasteiger partial charge >= 0.3 is 0 Å². The van der Waals surface area contributed by atoms with Crippen molar-refractivity contribution in [3.05, 3.63) is 101 Å². The maximum atomic E-state index is 13.2. The molecule has 30 heavy (non-hydrogen) atoms. The lowest BCUT2D eigenvalue weighted by Crippen LogP contribution is -2.37. The van der Waals surface area contributed by atoms with Crippen LogP contribution in [0.15, 0.2) is 78.9 Å². The van der Waals surface area contributed by atoms with E-state index in [9.17, 15) is 14.0 Å². The highest BCUT2D eigenvalue weighted by molar-refractivity contribution is 5.85. The minimum Gasteiger partial charge on any atom is -0.489 e. The van der Waals surface area contributed by atoms with Crippen LogP contribution in [0.2, 0.25) is 0 Å². The van der Waals surface area contributed by atoms with Gasteiger partial charge in [0, 0.05) is 6.54 Å². The number of amides is 2. The van der Waals surface area contributed by atoms with Gasteiger partial charge in [-0.25, -0.2) is 4.39 Å². The van der Waals surface area contributed by atoms with Crippen molar-refractivity contribution in [3.63, 3.8) is 0 Å². The van der Waals surface area contributed by atoms with Gasteiger partial charge in [-0.1, -0.05) is 54.6 Å². The van der Waals surface area contributed by atoms with Gasteiger partial charge in [0.15, 0.2) is 0 Å². The van der Waals surface area contributed by atoms with Crippen LogP contribution in [0.3, 0.4) is 0 Å². The van der Waals surface area contributed by atoms with Crippen LogP contribution in [0.4, 0.5) is 4.39 Å². The van der Waals surface area contributed by atoms with Crippen LogP contribution < -0.4 is 15.4 Å². The molecule has 0 aliphatic rings. The third-order valence-corrected chi connectivity index (χ3v) is 4.34. The number of nitrogens with one attached hydrogen (secondary N) is 2. The lowest BCUT2D eigenvalue weighted by atomic mass is 10.1. The van der Waals surface area contributed by atoms with E-state index in [1.807, 2.05) is 54.6 Å². The first-order valence-electron chi connectivity index (χ1n) is 9.62. The van der Waals surface area contributed by atoms with Crippen molar-refractivity contribution < 1.29 is 18.7 Å². The molecule has 6 heteroatoms. The van der Waals surface area contributed by atoms with Gasteiger partial charge in [0.2, 0.25) is 11.8 Å². The fourth-order valence-electron chi connectivity index (χ4n) is 2.82. The molecule has 0 saturated carbocycles. The van der Waals surface area contributed by atoms with Crippen LogP contribution in [-0.4, -0.2) is 18.4 Å². The number of hydrogen-bond acceptors (Lipinski definition) is 3. The second-order valence-corrected chi connectivity index (χ2v) is 6.78. The summed E-state index contributed by atoms with van der Waals surface area (Å²) in [5, 5.41) is 5.30. The Hall–Kier alpha value is -3.67. The highest BCUT2D eigenvalue weighted by Crippen LogP contribution is 2.15. The summed E-state index contributed by atoms with van der Waals surface area (Å²) < 4.78 is 18.9. The smallest absolute Gasteiger partial charge is 0.239 e. The normalized spacial score (nSPS) is 10.3. The Morgan fingerprint density at radius 2 is 1.50 bits per heavy atom. The largest absolute Gasteiger partial charge is 0.489 e. The van der Waals surface area contributed by atoms with E-state index in [-0.39, 0.29) is 24.8 Å². The molecule has 0 saturated heterocycles. The van der Waals surface area contributed by atoms with Gasteiger partial charge in [-0.3, -0.25) is 9.59 Å². The van der Waals surface area contributed by atoms with E-state index in [4.69, 9.17) is 4.74 Å². The molecule has 3 rings (SSSR count).